The van der Waals surface area contributed by atoms with Crippen molar-refractivity contribution in [1.29, 1.82) is 0 Å². The highest BCUT2D eigenvalue weighted by atomic mass is 16.3. The maximum atomic E-state index is 11.0. The SMILES string of the molecule is CC(C)CCC(O)C(C)[C@H]1CC[C@H]2[C@@H]3CC=C4C[C@@H](O)CC[C@]4(C)[C@H]3CC[C@]12C. The Hall–Kier alpha value is -0.340. The van der Waals surface area contributed by atoms with E-state index in [1.165, 1.54) is 38.5 Å². The second kappa shape index (κ2) is 7.97. The maximum absolute atomic E-state index is 11.0. The lowest BCUT2D eigenvalue weighted by Crippen LogP contribution is -2.51. The summed E-state index contributed by atoms with van der Waals surface area (Å²) in [5, 5.41) is 21.2. The quantitative estimate of drug-likeness (QED) is 0.525. The zero-order valence-corrected chi connectivity index (χ0v) is 19.7. The largest absolute Gasteiger partial charge is 0.393 e. The van der Waals surface area contributed by atoms with Gasteiger partial charge in [-0.05, 0) is 111 Å². The van der Waals surface area contributed by atoms with Crippen LogP contribution < -0.4 is 0 Å². The van der Waals surface area contributed by atoms with Gasteiger partial charge in [0.25, 0.3) is 0 Å². The fourth-order valence-electron chi connectivity index (χ4n) is 8.58. The zero-order chi connectivity index (χ0) is 21.0. The molecule has 4 rings (SSSR count). The van der Waals surface area contributed by atoms with Crippen molar-refractivity contribution in [1.82, 2.24) is 0 Å². The lowest BCUT2D eigenvalue weighted by atomic mass is 9.47. The van der Waals surface area contributed by atoms with Crippen molar-refractivity contribution in [2.45, 2.75) is 111 Å². The second-order valence-electron chi connectivity index (χ2n) is 12.3. The zero-order valence-electron chi connectivity index (χ0n) is 19.7. The predicted octanol–water partition coefficient (Wildman–Crippen LogP) is 6.36. The number of fused-ring (bicyclic) bond motifs is 5. The monoisotopic (exact) mass is 402 g/mol. The fraction of sp³-hybridized carbons (Fsp3) is 0.926. The molecule has 0 saturated heterocycles. The van der Waals surface area contributed by atoms with Crippen LogP contribution in [0.3, 0.4) is 0 Å². The molecule has 4 aliphatic carbocycles. The smallest absolute Gasteiger partial charge is 0.0577 e. The Bertz CT molecular complexity index is 624. The third kappa shape index (κ3) is 3.65. The maximum Gasteiger partial charge on any atom is 0.0577 e. The molecule has 0 spiro atoms. The number of aliphatic hydroxyl groups excluding tert-OH is 2. The first-order valence-electron chi connectivity index (χ1n) is 12.7. The first kappa shape index (κ1) is 21.9. The van der Waals surface area contributed by atoms with Gasteiger partial charge in [-0.2, -0.15) is 0 Å². The van der Waals surface area contributed by atoms with Crippen molar-refractivity contribution >= 4 is 0 Å². The summed E-state index contributed by atoms with van der Waals surface area (Å²) in [5.41, 5.74) is 2.33. The van der Waals surface area contributed by atoms with Gasteiger partial charge in [0.15, 0.2) is 0 Å². The van der Waals surface area contributed by atoms with Gasteiger partial charge in [-0.15, -0.1) is 0 Å². The van der Waals surface area contributed by atoms with Crippen LogP contribution in [-0.2, 0) is 0 Å². The van der Waals surface area contributed by atoms with Crippen molar-refractivity contribution in [3.05, 3.63) is 11.6 Å². The molecule has 0 radical (unpaired) electrons. The summed E-state index contributed by atoms with van der Waals surface area (Å²) in [4.78, 5) is 0. The molecular formula is C27H46O2. The molecule has 0 bridgehead atoms. The molecule has 2 heteroatoms. The van der Waals surface area contributed by atoms with E-state index in [1.807, 2.05) is 0 Å². The molecule has 9 atom stereocenters. The van der Waals surface area contributed by atoms with Crippen LogP contribution in [0, 0.1) is 46.3 Å². The summed E-state index contributed by atoms with van der Waals surface area (Å²) < 4.78 is 0. The minimum absolute atomic E-state index is 0.108. The number of rotatable bonds is 5. The van der Waals surface area contributed by atoms with Gasteiger partial charge in [0.1, 0.15) is 0 Å². The summed E-state index contributed by atoms with van der Waals surface area (Å²) in [6, 6.07) is 0. The molecular weight excluding hydrogens is 356 g/mol. The first-order chi connectivity index (χ1) is 13.7. The Kier molecular flexibility index (Phi) is 6.01. The summed E-state index contributed by atoms with van der Waals surface area (Å²) in [5.74, 6) is 4.25. The Labute approximate surface area is 179 Å². The molecule has 0 aromatic carbocycles. The van der Waals surface area contributed by atoms with Gasteiger partial charge in [0, 0.05) is 0 Å². The number of allylic oxidation sites excluding steroid dienone is 1. The predicted molar refractivity (Wildman–Crippen MR) is 120 cm³/mol. The van der Waals surface area contributed by atoms with Gasteiger partial charge in [0.2, 0.25) is 0 Å². The number of aliphatic hydroxyl groups is 2. The van der Waals surface area contributed by atoms with E-state index in [0.29, 0.717) is 28.6 Å². The van der Waals surface area contributed by atoms with E-state index in [0.717, 1.165) is 43.4 Å². The van der Waals surface area contributed by atoms with E-state index in [9.17, 15) is 10.2 Å². The summed E-state index contributed by atoms with van der Waals surface area (Å²) in [7, 11) is 0. The van der Waals surface area contributed by atoms with Crippen LogP contribution in [-0.4, -0.2) is 22.4 Å². The van der Waals surface area contributed by atoms with E-state index >= 15 is 0 Å². The summed E-state index contributed by atoms with van der Waals surface area (Å²) >= 11 is 0. The molecule has 2 nitrogen and oxygen atoms in total. The summed E-state index contributed by atoms with van der Waals surface area (Å²) in [6.45, 7) is 12.0. The fourth-order valence-corrected chi connectivity index (χ4v) is 8.58. The van der Waals surface area contributed by atoms with Crippen molar-refractivity contribution in [3.8, 4) is 0 Å². The average molecular weight is 403 g/mol. The van der Waals surface area contributed by atoms with Crippen LogP contribution >= 0.6 is 0 Å². The topological polar surface area (TPSA) is 40.5 Å². The second-order valence-corrected chi connectivity index (χ2v) is 12.3. The van der Waals surface area contributed by atoms with Gasteiger partial charge in [-0.25, -0.2) is 0 Å². The van der Waals surface area contributed by atoms with Crippen LogP contribution in [0.4, 0.5) is 0 Å². The van der Waals surface area contributed by atoms with Gasteiger partial charge in [0.05, 0.1) is 12.2 Å². The van der Waals surface area contributed by atoms with Gasteiger partial charge < -0.3 is 10.2 Å². The third-order valence-corrected chi connectivity index (χ3v) is 10.4. The van der Waals surface area contributed by atoms with Crippen LogP contribution in [0.5, 0.6) is 0 Å². The molecule has 2 unspecified atom stereocenters. The highest BCUT2D eigenvalue weighted by Gasteiger charge is 2.59. The number of hydrogen-bond acceptors (Lipinski definition) is 2. The van der Waals surface area contributed by atoms with Crippen LogP contribution in [0.25, 0.3) is 0 Å². The molecule has 3 fully saturated rings. The van der Waals surface area contributed by atoms with Crippen LogP contribution in [0.1, 0.15) is 98.8 Å². The van der Waals surface area contributed by atoms with Gasteiger partial charge in [-0.3, -0.25) is 0 Å². The van der Waals surface area contributed by atoms with E-state index < -0.39 is 0 Å². The van der Waals surface area contributed by atoms with Crippen LogP contribution in [0.2, 0.25) is 0 Å². The molecule has 166 valence electrons. The molecule has 0 aliphatic heterocycles. The first-order valence-corrected chi connectivity index (χ1v) is 12.7. The molecule has 0 aromatic rings. The van der Waals surface area contributed by atoms with Crippen molar-refractivity contribution in [2.24, 2.45) is 46.3 Å². The summed E-state index contributed by atoms with van der Waals surface area (Å²) in [6.07, 6.45) is 14.1. The van der Waals surface area contributed by atoms with Crippen molar-refractivity contribution < 1.29 is 10.2 Å². The average Bonchev–Trinajstić information content (AvgIpc) is 3.03. The van der Waals surface area contributed by atoms with Gasteiger partial charge in [-0.1, -0.05) is 46.3 Å². The van der Waals surface area contributed by atoms with Gasteiger partial charge >= 0.3 is 0 Å². The standard InChI is InChI=1S/C27H46O2/c1-17(2)6-11-25(29)18(3)22-9-10-23-21-8-7-19-16-20(28)12-14-26(19,4)24(21)13-15-27(22,23)5/h7,17-18,20-25,28-29H,6,8-16H2,1-5H3/t18?,20-,21-,22+,23-,24-,25?,26-,27+/m0/s1. The normalized spacial score (nSPS) is 46.5. The van der Waals surface area contributed by atoms with E-state index in [2.05, 4.69) is 40.7 Å². The molecule has 29 heavy (non-hydrogen) atoms. The van der Waals surface area contributed by atoms with E-state index in [4.69, 9.17) is 0 Å². The number of hydrogen-bond donors (Lipinski definition) is 2. The minimum Gasteiger partial charge on any atom is -0.393 e. The molecule has 4 aliphatic rings. The molecule has 2 N–H and O–H groups in total. The van der Waals surface area contributed by atoms with E-state index in [-0.39, 0.29) is 12.2 Å². The highest BCUT2D eigenvalue weighted by Crippen LogP contribution is 2.67. The Morgan fingerprint density at radius 3 is 2.48 bits per heavy atom. The molecule has 0 aromatic heterocycles. The molecule has 0 heterocycles. The molecule has 3 saturated carbocycles. The Morgan fingerprint density at radius 1 is 1.00 bits per heavy atom. The highest BCUT2D eigenvalue weighted by molar-refractivity contribution is 5.25. The van der Waals surface area contributed by atoms with Crippen molar-refractivity contribution in [3.63, 3.8) is 0 Å². The minimum atomic E-state index is -0.133. The van der Waals surface area contributed by atoms with Crippen LogP contribution in [0.15, 0.2) is 11.6 Å². The lowest BCUT2D eigenvalue weighted by Gasteiger charge is -2.58. The third-order valence-electron chi connectivity index (χ3n) is 10.4. The van der Waals surface area contributed by atoms with E-state index in [1.54, 1.807) is 5.57 Å². The molecule has 0 amide bonds. The Morgan fingerprint density at radius 2 is 1.76 bits per heavy atom. The lowest BCUT2D eigenvalue weighted by molar-refractivity contribution is -0.0681. The van der Waals surface area contributed by atoms with Crippen molar-refractivity contribution in [2.75, 3.05) is 0 Å². The Balaban J connectivity index is 1.51.